The van der Waals surface area contributed by atoms with Crippen LogP contribution in [0.25, 0.3) is 0 Å². The van der Waals surface area contributed by atoms with Crippen LogP contribution in [0.3, 0.4) is 0 Å². The summed E-state index contributed by atoms with van der Waals surface area (Å²) in [5, 5.41) is 3.36. The van der Waals surface area contributed by atoms with E-state index in [-0.39, 0.29) is 11.8 Å². The van der Waals surface area contributed by atoms with E-state index >= 15 is 0 Å². The molecule has 4 rings (SSSR count). The molecular weight excluding hydrogens is 386 g/mol. The van der Waals surface area contributed by atoms with Crippen molar-refractivity contribution in [2.24, 2.45) is 0 Å². The highest BCUT2D eigenvalue weighted by Gasteiger charge is 2.28. The quantitative estimate of drug-likeness (QED) is 0.733. The van der Waals surface area contributed by atoms with Gasteiger partial charge in [0.25, 0.3) is 0 Å². The fourth-order valence-electron chi connectivity index (χ4n) is 4.89. The second-order valence-electron chi connectivity index (χ2n) is 8.77. The minimum Gasteiger partial charge on any atom is -0.495 e. The third kappa shape index (κ3) is 5.59. The van der Waals surface area contributed by atoms with Gasteiger partial charge in [0.1, 0.15) is 5.75 Å². The first-order chi connectivity index (χ1) is 15.2. The van der Waals surface area contributed by atoms with E-state index in [0.717, 1.165) is 62.6 Å². The van der Waals surface area contributed by atoms with Crippen molar-refractivity contribution in [3.8, 4) is 5.75 Å². The minimum atomic E-state index is -0.124. The van der Waals surface area contributed by atoms with Crippen LogP contribution in [0.5, 0.6) is 5.75 Å². The molecule has 5 heteroatoms. The number of amides is 1. The number of piperazine rings is 1. The van der Waals surface area contributed by atoms with E-state index in [4.69, 9.17) is 4.74 Å². The first kappa shape index (κ1) is 21.7. The number of rotatable bonds is 7. The van der Waals surface area contributed by atoms with E-state index in [2.05, 4.69) is 39.4 Å². The van der Waals surface area contributed by atoms with E-state index in [0.29, 0.717) is 6.04 Å². The molecule has 1 heterocycles. The van der Waals surface area contributed by atoms with Crippen molar-refractivity contribution in [3.05, 3.63) is 60.2 Å². The predicted octanol–water partition coefficient (Wildman–Crippen LogP) is 4.05. The maximum absolute atomic E-state index is 13.3. The number of para-hydroxylation sites is 2. The molecule has 2 fully saturated rings. The molecule has 2 aromatic carbocycles. The summed E-state index contributed by atoms with van der Waals surface area (Å²) in [6.07, 6.45) is 5.98. The van der Waals surface area contributed by atoms with Crippen molar-refractivity contribution < 1.29 is 9.53 Å². The van der Waals surface area contributed by atoms with Crippen molar-refractivity contribution in [2.45, 2.75) is 44.1 Å². The molecule has 2 aromatic rings. The summed E-state index contributed by atoms with van der Waals surface area (Å²) in [6, 6.07) is 18.8. The number of methoxy groups -OCH3 is 1. The molecule has 1 saturated carbocycles. The Labute approximate surface area is 186 Å². The van der Waals surface area contributed by atoms with Crippen LogP contribution < -0.4 is 15.0 Å². The van der Waals surface area contributed by atoms with Crippen LogP contribution in [-0.2, 0) is 4.79 Å². The van der Waals surface area contributed by atoms with Gasteiger partial charge in [0.05, 0.1) is 18.7 Å². The lowest BCUT2D eigenvalue weighted by atomic mass is 9.93. The lowest BCUT2D eigenvalue weighted by molar-refractivity contribution is -0.124. The Morgan fingerprint density at radius 1 is 0.968 bits per heavy atom. The zero-order valence-corrected chi connectivity index (χ0v) is 18.6. The van der Waals surface area contributed by atoms with Crippen LogP contribution in [0.15, 0.2) is 54.6 Å². The molecule has 1 amide bonds. The van der Waals surface area contributed by atoms with Crippen LogP contribution in [-0.4, -0.2) is 56.7 Å². The number of anilines is 1. The van der Waals surface area contributed by atoms with Crippen molar-refractivity contribution in [3.63, 3.8) is 0 Å². The average molecular weight is 422 g/mol. The molecular formula is C26H35N3O2. The molecule has 0 radical (unpaired) electrons. The number of nitrogens with one attached hydrogen (secondary N) is 1. The first-order valence-electron chi connectivity index (χ1n) is 11.7. The number of benzene rings is 2. The third-order valence-corrected chi connectivity index (χ3v) is 6.71. The summed E-state index contributed by atoms with van der Waals surface area (Å²) in [5.41, 5.74) is 2.27. The van der Waals surface area contributed by atoms with E-state index in [1.54, 1.807) is 7.11 Å². The maximum Gasteiger partial charge on any atom is 0.229 e. The molecule has 0 spiro atoms. The van der Waals surface area contributed by atoms with Crippen LogP contribution >= 0.6 is 0 Å². The minimum absolute atomic E-state index is 0.124. The summed E-state index contributed by atoms with van der Waals surface area (Å²) in [7, 11) is 1.73. The molecule has 0 unspecified atom stereocenters. The first-order valence-corrected chi connectivity index (χ1v) is 11.7. The van der Waals surface area contributed by atoms with E-state index in [1.807, 2.05) is 30.3 Å². The lowest BCUT2D eigenvalue weighted by Crippen LogP contribution is -2.49. The van der Waals surface area contributed by atoms with E-state index in [1.165, 1.54) is 19.3 Å². The molecule has 1 atom stereocenters. The highest BCUT2D eigenvalue weighted by Crippen LogP contribution is 2.29. The van der Waals surface area contributed by atoms with Crippen molar-refractivity contribution in [2.75, 3.05) is 44.7 Å². The maximum atomic E-state index is 13.3. The van der Waals surface area contributed by atoms with Gasteiger partial charge >= 0.3 is 0 Å². The highest BCUT2D eigenvalue weighted by atomic mass is 16.5. The van der Waals surface area contributed by atoms with Gasteiger partial charge < -0.3 is 15.0 Å². The van der Waals surface area contributed by atoms with Crippen molar-refractivity contribution >= 4 is 11.6 Å². The van der Waals surface area contributed by atoms with Crippen LogP contribution in [0, 0.1) is 0 Å². The van der Waals surface area contributed by atoms with Gasteiger partial charge in [0, 0.05) is 38.8 Å². The van der Waals surface area contributed by atoms with Gasteiger partial charge in [-0.3, -0.25) is 9.69 Å². The van der Waals surface area contributed by atoms with Gasteiger partial charge in [-0.05, 0) is 30.5 Å². The molecule has 1 aliphatic carbocycles. The van der Waals surface area contributed by atoms with Crippen LogP contribution in [0.2, 0.25) is 0 Å². The van der Waals surface area contributed by atoms with Crippen LogP contribution in [0.4, 0.5) is 5.69 Å². The molecule has 2 aliphatic rings. The number of carbonyl (C=O) groups excluding carboxylic acids is 1. The van der Waals surface area contributed by atoms with Gasteiger partial charge in [0.2, 0.25) is 5.91 Å². The van der Waals surface area contributed by atoms with Crippen LogP contribution in [0.1, 0.15) is 43.6 Å². The topological polar surface area (TPSA) is 44.8 Å². The number of nitrogens with zero attached hydrogens (tertiary/aromatic N) is 2. The molecule has 5 nitrogen and oxygen atoms in total. The monoisotopic (exact) mass is 421 g/mol. The fraction of sp³-hybridized carbons (Fsp3) is 0.500. The SMILES string of the molecule is COc1ccccc1N1CCN(C[C@H](C(=O)NC2CCCCC2)c2ccccc2)CC1. The van der Waals surface area contributed by atoms with E-state index < -0.39 is 0 Å². The molecule has 0 bridgehead atoms. The fourth-order valence-corrected chi connectivity index (χ4v) is 4.89. The largest absolute Gasteiger partial charge is 0.495 e. The molecule has 1 saturated heterocycles. The van der Waals surface area contributed by atoms with Gasteiger partial charge in [-0.1, -0.05) is 61.7 Å². The zero-order valence-electron chi connectivity index (χ0n) is 18.6. The Morgan fingerprint density at radius 2 is 1.65 bits per heavy atom. The molecule has 0 aromatic heterocycles. The second kappa shape index (κ2) is 10.7. The summed E-state index contributed by atoms with van der Waals surface area (Å²) < 4.78 is 5.54. The molecule has 31 heavy (non-hydrogen) atoms. The molecule has 1 aliphatic heterocycles. The Hall–Kier alpha value is -2.53. The number of carbonyl (C=O) groups is 1. The summed E-state index contributed by atoms with van der Waals surface area (Å²) in [5.74, 6) is 0.983. The van der Waals surface area contributed by atoms with Crippen molar-refractivity contribution in [1.82, 2.24) is 10.2 Å². The second-order valence-corrected chi connectivity index (χ2v) is 8.77. The summed E-state index contributed by atoms with van der Waals surface area (Å²) in [6.45, 7) is 4.52. The van der Waals surface area contributed by atoms with Crippen molar-refractivity contribution in [1.29, 1.82) is 0 Å². The Balaban J connectivity index is 1.40. The molecule has 1 N–H and O–H groups in total. The van der Waals surface area contributed by atoms with Gasteiger partial charge in [0.15, 0.2) is 0 Å². The predicted molar refractivity (Wildman–Crippen MR) is 126 cm³/mol. The Kier molecular flexibility index (Phi) is 7.47. The van der Waals surface area contributed by atoms with E-state index in [9.17, 15) is 4.79 Å². The number of hydrogen-bond donors (Lipinski definition) is 1. The van der Waals surface area contributed by atoms with Gasteiger partial charge in [-0.2, -0.15) is 0 Å². The standard InChI is InChI=1S/C26H35N3O2/c1-31-25-15-9-8-14-24(25)29-18-16-28(17-19-29)20-23(21-10-4-2-5-11-21)26(30)27-22-12-6-3-7-13-22/h2,4-5,8-11,14-15,22-23H,3,6-7,12-13,16-20H2,1H3,(H,27,30)/t23-/m0/s1. The lowest BCUT2D eigenvalue weighted by Gasteiger charge is -2.38. The highest BCUT2D eigenvalue weighted by molar-refractivity contribution is 5.84. The molecule has 166 valence electrons. The number of hydrogen-bond acceptors (Lipinski definition) is 4. The van der Waals surface area contributed by atoms with Gasteiger partial charge in [-0.15, -0.1) is 0 Å². The normalized spacial score (nSPS) is 19.1. The smallest absolute Gasteiger partial charge is 0.229 e. The number of ether oxygens (including phenoxy) is 1. The summed E-state index contributed by atoms with van der Waals surface area (Å²) in [4.78, 5) is 18.1. The Morgan fingerprint density at radius 3 is 2.35 bits per heavy atom. The summed E-state index contributed by atoms with van der Waals surface area (Å²) >= 11 is 0. The van der Waals surface area contributed by atoms with Gasteiger partial charge in [-0.25, -0.2) is 0 Å². The average Bonchev–Trinajstić information content (AvgIpc) is 2.84. The Bertz CT molecular complexity index is 828. The third-order valence-electron chi connectivity index (χ3n) is 6.71. The zero-order chi connectivity index (χ0) is 21.5.